The van der Waals surface area contributed by atoms with Crippen LogP contribution in [0.3, 0.4) is 0 Å². The topological polar surface area (TPSA) is 159 Å². The molecule has 0 aliphatic carbocycles. The van der Waals surface area contributed by atoms with E-state index in [9.17, 15) is 21.4 Å². The predicted molar refractivity (Wildman–Crippen MR) is 81.1 cm³/mol. The third-order valence-electron chi connectivity index (χ3n) is 2.67. The van der Waals surface area contributed by atoms with E-state index in [1.165, 1.54) is 12.1 Å². The number of anilines is 1. The van der Waals surface area contributed by atoms with Crippen LogP contribution in [0, 0.1) is 0 Å². The Balaban J connectivity index is 2.52. The van der Waals surface area contributed by atoms with E-state index in [1.807, 2.05) is 0 Å². The summed E-state index contributed by atoms with van der Waals surface area (Å²) in [7, 11) is -9.41. The van der Waals surface area contributed by atoms with Crippen molar-refractivity contribution >= 4 is 37.3 Å². The van der Waals surface area contributed by atoms with E-state index in [2.05, 4.69) is 10.2 Å². The molecule has 0 bridgehead atoms. The smallest absolute Gasteiger partial charge is 0.296 e. The summed E-state index contributed by atoms with van der Waals surface area (Å²) < 4.78 is 62.9. The van der Waals surface area contributed by atoms with Gasteiger partial charge in [-0.2, -0.15) is 21.9 Å². The van der Waals surface area contributed by atoms with Gasteiger partial charge in [-0.15, -0.1) is 5.11 Å². The van der Waals surface area contributed by atoms with Gasteiger partial charge in [-0.1, -0.05) is 0 Å². The largest absolute Gasteiger partial charge is 0.399 e. The first-order chi connectivity index (χ1) is 10.6. The van der Waals surface area contributed by atoms with Crippen LogP contribution in [0.1, 0.15) is 0 Å². The van der Waals surface area contributed by atoms with Crippen molar-refractivity contribution in [3.05, 3.63) is 42.5 Å². The van der Waals surface area contributed by atoms with Crippen molar-refractivity contribution in [2.24, 2.45) is 10.2 Å². The fraction of sp³-hybridized carbons (Fsp3) is 0. The Morgan fingerprint density at radius 2 is 1.43 bits per heavy atom. The molecule has 11 heteroatoms. The van der Waals surface area contributed by atoms with Crippen LogP contribution in [0.5, 0.6) is 0 Å². The highest BCUT2D eigenvalue weighted by molar-refractivity contribution is 7.86. The van der Waals surface area contributed by atoms with Crippen LogP contribution in [0.25, 0.3) is 0 Å². The molecule has 0 fully saturated rings. The van der Waals surface area contributed by atoms with Crippen LogP contribution in [-0.2, 0) is 20.2 Å². The van der Waals surface area contributed by atoms with Crippen molar-refractivity contribution in [1.82, 2.24) is 0 Å². The molecule has 0 radical (unpaired) electrons. The second-order valence-electron chi connectivity index (χ2n) is 4.37. The molecule has 0 saturated carbocycles. The minimum Gasteiger partial charge on any atom is -0.399 e. The molecule has 0 atom stereocenters. The lowest BCUT2D eigenvalue weighted by Gasteiger charge is -2.04. The Bertz CT molecular complexity index is 966. The van der Waals surface area contributed by atoms with Crippen LogP contribution in [0.4, 0.5) is 17.1 Å². The molecule has 0 amide bonds. The summed E-state index contributed by atoms with van der Waals surface area (Å²) >= 11 is 0. The van der Waals surface area contributed by atoms with Gasteiger partial charge in [0.15, 0.2) is 0 Å². The van der Waals surface area contributed by atoms with E-state index in [4.69, 9.17) is 10.3 Å². The van der Waals surface area contributed by atoms with Gasteiger partial charge < -0.3 is 5.73 Å². The molecule has 0 saturated heterocycles. The van der Waals surface area contributed by atoms with E-state index in [1.54, 1.807) is 12.1 Å². The molecule has 2 aromatic carbocycles. The molecule has 23 heavy (non-hydrogen) atoms. The van der Waals surface area contributed by atoms with Gasteiger partial charge >= 0.3 is 0 Å². The molecular formula is C12H11N3O6S2. The lowest BCUT2D eigenvalue weighted by molar-refractivity contribution is 0.481. The maximum absolute atomic E-state index is 11.3. The zero-order valence-electron chi connectivity index (χ0n) is 11.4. The van der Waals surface area contributed by atoms with Crippen LogP contribution in [-0.4, -0.2) is 25.9 Å². The number of nitrogens with zero attached hydrogens (tertiary/aromatic N) is 2. The summed E-state index contributed by atoms with van der Waals surface area (Å²) in [5.41, 5.74) is 6.07. The number of azo groups is 1. The number of nitrogens with two attached hydrogens (primary N) is 1. The van der Waals surface area contributed by atoms with E-state index < -0.39 is 30.0 Å². The van der Waals surface area contributed by atoms with Crippen molar-refractivity contribution in [1.29, 1.82) is 0 Å². The maximum Gasteiger partial charge on any atom is 0.296 e. The molecule has 0 heterocycles. The molecule has 0 unspecified atom stereocenters. The number of hydrogen-bond acceptors (Lipinski definition) is 7. The summed E-state index contributed by atoms with van der Waals surface area (Å²) in [5, 5.41) is 7.43. The zero-order chi connectivity index (χ0) is 17.3. The first-order valence-electron chi connectivity index (χ1n) is 5.94. The lowest BCUT2D eigenvalue weighted by atomic mass is 10.3. The van der Waals surface area contributed by atoms with Crippen LogP contribution < -0.4 is 5.73 Å². The summed E-state index contributed by atoms with van der Waals surface area (Å²) in [6.45, 7) is 0. The van der Waals surface area contributed by atoms with Crippen molar-refractivity contribution in [3.8, 4) is 0 Å². The Hall–Kier alpha value is -2.34. The SMILES string of the molecule is Nc1ccc(N=Nc2ccc(S(=O)(=O)O)cc2S(=O)(=O)O)cc1. The fourth-order valence-electron chi connectivity index (χ4n) is 1.60. The Morgan fingerprint density at radius 3 is 1.96 bits per heavy atom. The molecule has 0 spiro atoms. The number of hydrogen-bond donors (Lipinski definition) is 3. The monoisotopic (exact) mass is 357 g/mol. The molecule has 4 N–H and O–H groups in total. The fourth-order valence-corrected chi connectivity index (χ4v) is 2.83. The summed E-state index contributed by atoms with van der Waals surface area (Å²) in [6, 6.07) is 8.67. The Kier molecular flexibility index (Phi) is 4.47. The van der Waals surface area contributed by atoms with E-state index in [0.717, 1.165) is 12.1 Å². The highest BCUT2D eigenvalue weighted by Crippen LogP contribution is 2.29. The van der Waals surface area contributed by atoms with Crippen molar-refractivity contribution in [2.45, 2.75) is 9.79 Å². The van der Waals surface area contributed by atoms with Crippen LogP contribution in [0.2, 0.25) is 0 Å². The first kappa shape index (κ1) is 17.0. The quantitative estimate of drug-likeness (QED) is 0.429. The van der Waals surface area contributed by atoms with Gasteiger partial charge in [-0.3, -0.25) is 9.11 Å². The molecule has 122 valence electrons. The number of nitrogen functional groups attached to an aromatic ring is 1. The van der Waals surface area contributed by atoms with Gasteiger partial charge in [0.25, 0.3) is 20.2 Å². The average molecular weight is 357 g/mol. The molecule has 0 aliphatic heterocycles. The van der Waals surface area contributed by atoms with Gasteiger partial charge in [0.05, 0.1) is 10.6 Å². The highest BCUT2D eigenvalue weighted by atomic mass is 32.2. The Morgan fingerprint density at radius 1 is 0.826 bits per heavy atom. The van der Waals surface area contributed by atoms with Crippen molar-refractivity contribution in [3.63, 3.8) is 0 Å². The predicted octanol–water partition coefficient (Wildman–Crippen LogP) is 2.18. The Labute approximate surface area is 132 Å². The van der Waals surface area contributed by atoms with Gasteiger partial charge in [-0.05, 0) is 42.5 Å². The first-order valence-corrected chi connectivity index (χ1v) is 8.82. The van der Waals surface area contributed by atoms with E-state index >= 15 is 0 Å². The maximum atomic E-state index is 11.3. The van der Waals surface area contributed by atoms with Gasteiger partial charge in [0.1, 0.15) is 10.6 Å². The second-order valence-corrected chi connectivity index (χ2v) is 7.18. The van der Waals surface area contributed by atoms with E-state index in [-0.39, 0.29) is 5.69 Å². The second kappa shape index (κ2) is 6.04. The third-order valence-corrected chi connectivity index (χ3v) is 4.41. The van der Waals surface area contributed by atoms with Crippen molar-refractivity contribution < 1.29 is 25.9 Å². The molecular weight excluding hydrogens is 346 g/mol. The molecule has 2 aromatic rings. The summed E-state index contributed by atoms with van der Waals surface area (Å²) in [4.78, 5) is -1.50. The van der Waals surface area contributed by atoms with Crippen LogP contribution in [0.15, 0.2) is 62.5 Å². The summed E-state index contributed by atoms with van der Waals surface area (Å²) in [6.07, 6.45) is 0. The van der Waals surface area contributed by atoms with Crippen LogP contribution >= 0.6 is 0 Å². The molecule has 2 rings (SSSR count). The van der Waals surface area contributed by atoms with Crippen molar-refractivity contribution in [2.75, 3.05) is 5.73 Å². The molecule has 9 nitrogen and oxygen atoms in total. The minimum absolute atomic E-state index is 0.295. The average Bonchev–Trinajstić information content (AvgIpc) is 2.44. The highest BCUT2D eigenvalue weighted by Gasteiger charge is 2.20. The summed E-state index contributed by atoms with van der Waals surface area (Å²) in [5.74, 6) is 0. The third kappa shape index (κ3) is 4.32. The van der Waals surface area contributed by atoms with Gasteiger partial charge in [0, 0.05) is 5.69 Å². The van der Waals surface area contributed by atoms with Gasteiger partial charge in [0.2, 0.25) is 0 Å². The molecule has 0 aliphatic rings. The van der Waals surface area contributed by atoms with E-state index in [0.29, 0.717) is 17.4 Å². The minimum atomic E-state index is -4.78. The normalized spacial score (nSPS) is 12.6. The van der Waals surface area contributed by atoms with Gasteiger partial charge in [-0.25, -0.2) is 0 Å². The number of rotatable bonds is 4. The standard InChI is InChI=1S/C12H11N3O6S2/c13-8-1-3-9(4-2-8)14-15-11-6-5-10(22(16,17)18)7-12(11)23(19,20)21/h1-7H,13H2,(H,16,17,18)(H,19,20,21). The zero-order valence-corrected chi connectivity index (χ0v) is 13.0. The number of benzene rings is 2. The molecule has 0 aromatic heterocycles. The lowest BCUT2D eigenvalue weighted by Crippen LogP contribution is -2.03.